The van der Waals surface area contributed by atoms with Gasteiger partial charge in [-0.15, -0.1) is 0 Å². The van der Waals surface area contributed by atoms with Gasteiger partial charge in [0.05, 0.1) is 19.6 Å². The van der Waals surface area contributed by atoms with Crippen LogP contribution in [0.15, 0.2) is 21.2 Å². The van der Waals surface area contributed by atoms with Crippen LogP contribution in [0.25, 0.3) is 0 Å². The van der Waals surface area contributed by atoms with E-state index in [0.29, 0.717) is 24.4 Å². The van der Waals surface area contributed by atoms with E-state index < -0.39 is 0 Å². The molecule has 1 rings (SSSR count). The monoisotopic (exact) mass is 347 g/mol. The van der Waals surface area contributed by atoms with Crippen LogP contribution in [0.4, 0.5) is 0 Å². The molecule has 0 spiro atoms. The van der Waals surface area contributed by atoms with Crippen molar-refractivity contribution < 1.29 is 23.5 Å². The topological polar surface area (TPSA) is 69.0 Å². The van der Waals surface area contributed by atoms with Gasteiger partial charge in [-0.1, -0.05) is 0 Å². The number of furan rings is 1. The molecule has 0 bridgehead atoms. The van der Waals surface area contributed by atoms with Gasteiger partial charge in [0, 0.05) is 20.2 Å². The Bertz CT molecular complexity index is 446. The third-order valence-electron chi connectivity index (χ3n) is 2.53. The predicted molar refractivity (Wildman–Crippen MR) is 75.4 cm³/mol. The maximum atomic E-state index is 12.2. The zero-order valence-corrected chi connectivity index (χ0v) is 13.1. The summed E-state index contributed by atoms with van der Waals surface area (Å²) in [7, 11) is 1.55. The highest BCUT2D eigenvalue weighted by Gasteiger charge is 2.20. The summed E-state index contributed by atoms with van der Waals surface area (Å²) in [4.78, 5) is 25.1. The Morgan fingerprint density at radius 2 is 2.10 bits per heavy atom. The summed E-state index contributed by atoms with van der Waals surface area (Å²) in [6.45, 7) is 3.10. The largest absolute Gasteiger partial charge is 0.466 e. The summed E-state index contributed by atoms with van der Waals surface area (Å²) in [6.07, 6.45) is 0.144. The number of ether oxygens (including phenoxy) is 2. The van der Waals surface area contributed by atoms with Crippen LogP contribution in [0, 0.1) is 0 Å². The van der Waals surface area contributed by atoms with E-state index in [1.807, 2.05) is 0 Å². The number of nitrogens with zero attached hydrogens (tertiary/aromatic N) is 1. The fourth-order valence-electron chi connectivity index (χ4n) is 1.56. The Morgan fingerprint density at radius 1 is 1.35 bits per heavy atom. The first-order chi connectivity index (χ1) is 9.58. The molecular formula is C13H18BrNO5. The standard InChI is InChI=1S/C13H18BrNO5/c1-3-19-12(16)6-7-15(8-9-18-2)13(17)10-4-5-11(14)20-10/h4-5H,3,6-9H2,1-2H3. The number of hydrogen-bond acceptors (Lipinski definition) is 5. The number of carbonyl (C=O) groups is 2. The van der Waals surface area contributed by atoms with Crippen molar-refractivity contribution in [3.8, 4) is 0 Å². The molecule has 20 heavy (non-hydrogen) atoms. The van der Waals surface area contributed by atoms with E-state index in [1.54, 1.807) is 26.2 Å². The van der Waals surface area contributed by atoms with E-state index in [0.717, 1.165) is 0 Å². The summed E-state index contributed by atoms with van der Waals surface area (Å²) < 4.78 is 15.5. The maximum absolute atomic E-state index is 12.2. The molecule has 1 heterocycles. The van der Waals surface area contributed by atoms with E-state index >= 15 is 0 Å². The first-order valence-electron chi connectivity index (χ1n) is 6.27. The van der Waals surface area contributed by atoms with Crippen LogP contribution in [0.1, 0.15) is 23.9 Å². The molecule has 7 heteroatoms. The lowest BCUT2D eigenvalue weighted by Gasteiger charge is -2.20. The number of hydrogen-bond donors (Lipinski definition) is 0. The van der Waals surface area contributed by atoms with Crippen molar-refractivity contribution in [1.29, 1.82) is 0 Å². The minimum Gasteiger partial charge on any atom is -0.466 e. The van der Waals surface area contributed by atoms with Crippen LogP contribution in [-0.2, 0) is 14.3 Å². The maximum Gasteiger partial charge on any atom is 0.307 e. The molecule has 0 aliphatic carbocycles. The van der Waals surface area contributed by atoms with E-state index in [4.69, 9.17) is 13.9 Å². The molecule has 0 fully saturated rings. The Morgan fingerprint density at radius 3 is 2.65 bits per heavy atom. The number of amides is 1. The van der Waals surface area contributed by atoms with Crippen LogP contribution in [0.3, 0.4) is 0 Å². The van der Waals surface area contributed by atoms with Gasteiger partial charge in [0.2, 0.25) is 0 Å². The molecule has 0 radical (unpaired) electrons. The van der Waals surface area contributed by atoms with Crippen molar-refractivity contribution in [2.45, 2.75) is 13.3 Å². The van der Waals surface area contributed by atoms with Crippen molar-refractivity contribution in [1.82, 2.24) is 4.90 Å². The molecule has 1 aromatic rings. The highest BCUT2D eigenvalue weighted by Crippen LogP contribution is 2.16. The molecule has 0 atom stereocenters. The summed E-state index contributed by atoms with van der Waals surface area (Å²) in [5, 5.41) is 0. The Kier molecular flexibility index (Phi) is 7.32. The summed E-state index contributed by atoms with van der Waals surface area (Å²) >= 11 is 3.15. The van der Waals surface area contributed by atoms with Gasteiger partial charge in [0.15, 0.2) is 10.4 Å². The van der Waals surface area contributed by atoms with Crippen LogP contribution in [-0.4, -0.2) is 50.2 Å². The fraction of sp³-hybridized carbons (Fsp3) is 0.538. The van der Waals surface area contributed by atoms with Gasteiger partial charge in [0.1, 0.15) is 0 Å². The second-order valence-electron chi connectivity index (χ2n) is 3.94. The lowest BCUT2D eigenvalue weighted by atomic mass is 10.3. The summed E-state index contributed by atoms with van der Waals surface area (Å²) in [5.41, 5.74) is 0. The second kappa shape index (κ2) is 8.76. The van der Waals surface area contributed by atoms with Crippen molar-refractivity contribution in [2.75, 3.05) is 33.4 Å². The molecule has 0 unspecified atom stereocenters. The van der Waals surface area contributed by atoms with Crippen molar-refractivity contribution in [3.05, 3.63) is 22.6 Å². The third-order valence-corrected chi connectivity index (χ3v) is 2.95. The molecule has 0 aliphatic rings. The van der Waals surface area contributed by atoms with Gasteiger partial charge in [0.25, 0.3) is 5.91 Å². The van der Waals surface area contributed by atoms with Crippen molar-refractivity contribution in [2.24, 2.45) is 0 Å². The molecular weight excluding hydrogens is 330 g/mol. The van der Waals surface area contributed by atoms with E-state index in [2.05, 4.69) is 15.9 Å². The fourth-order valence-corrected chi connectivity index (χ4v) is 1.87. The predicted octanol–water partition coefficient (Wildman–Crippen LogP) is 2.08. The molecule has 0 aliphatic heterocycles. The minimum atomic E-state index is -0.330. The van der Waals surface area contributed by atoms with Gasteiger partial charge in [-0.05, 0) is 35.0 Å². The van der Waals surface area contributed by atoms with Gasteiger partial charge < -0.3 is 18.8 Å². The Balaban J connectivity index is 2.63. The Labute approximate surface area is 126 Å². The third kappa shape index (κ3) is 5.34. The van der Waals surface area contributed by atoms with E-state index in [1.165, 1.54) is 4.90 Å². The van der Waals surface area contributed by atoms with Crippen LogP contribution >= 0.6 is 15.9 Å². The van der Waals surface area contributed by atoms with Gasteiger partial charge in [-0.25, -0.2) is 0 Å². The molecule has 6 nitrogen and oxygen atoms in total. The number of methoxy groups -OCH3 is 1. The van der Waals surface area contributed by atoms with Gasteiger partial charge >= 0.3 is 5.97 Å². The van der Waals surface area contributed by atoms with Crippen molar-refractivity contribution in [3.63, 3.8) is 0 Å². The van der Waals surface area contributed by atoms with Gasteiger partial charge in [-0.2, -0.15) is 0 Å². The van der Waals surface area contributed by atoms with Gasteiger partial charge in [-0.3, -0.25) is 9.59 Å². The second-order valence-corrected chi connectivity index (χ2v) is 4.73. The first kappa shape index (κ1) is 16.7. The van der Waals surface area contributed by atoms with E-state index in [-0.39, 0.29) is 30.6 Å². The molecule has 0 N–H and O–H groups in total. The smallest absolute Gasteiger partial charge is 0.307 e. The van der Waals surface area contributed by atoms with Crippen LogP contribution in [0.2, 0.25) is 0 Å². The number of esters is 1. The molecule has 0 aromatic carbocycles. The average molecular weight is 348 g/mol. The molecule has 0 saturated heterocycles. The molecule has 0 saturated carbocycles. The highest BCUT2D eigenvalue weighted by molar-refractivity contribution is 9.10. The van der Waals surface area contributed by atoms with E-state index in [9.17, 15) is 9.59 Å². The quantitative estimate of drug-likeness (QED) is 0.673. The normalized spacial score (nSPS) is 10.3. The zero-order valence-electron chi connectivity index (χ0n) is 11.6. The zero-order chi connectivity index (χ0) is 15.0. The number of rotatable bonds is 8. The lowest BCUT2D eigenvalue weighted by molar-refractivity contribution is -0.143. The average Bonchev–Trinajstić information content (AvgIpc) is 2.85. The summed E-state index contributed by atoms with van der Waals surface area (Å²) in [6, 6.07) is 3.23. The van der Waals surface area contributed by atoms with Crippen LogP contribution in [0.5, 0.6) is 0 Å². The SMILES string of the molecule is CCOC(=O)CCN(CCOC)C(=O)c1ccc(Br)o1. The van der Waals surface area contributed by atoms with Crippen molar-refractivity contribution >= 4 is 27.8 Å². The first-order valence-corrected chi connectivity index (χ1v) is 7.07. The molecule has 112 valence electrons. The summed E-state index contributed by atoms with van der Waals surface area (Å²) in [5.74, 6) is -0.391. The number of halogens is 1. The minimum absolute atomic E-state index is 0.144. The molecule has 1 amide bonds. The highest BCUT2D eigenvalue weighted by atomic mass is 79.9. The van der Waals surface area contributed by atoms with Crippen LogP contribution < -0.4 is 0 Å². The Hall–Kier alpha value is -1.34. The lowest BCUT2D eigenvalue weighted by Crippen LogP contribution is -2.35. The number of carbonyl (C=O) groups excluding carboxylic acids is 2. The molecule has 1 aromatic heterocycles.